The van der Waals surface area contributed by atoms with Crippen LogP contribution in [0.1, 0.15) is 42.4 Å². The van der Waals surface area contributed by atoms with Gasteiger partial charge in [-0.15, -0.1) is 0 Å². The van der Waals surface area contributed by atoms with Gasteiger partial charge in [0.05, 0.1) is 20.1 Å². The summed E-state index contributed by atoms with van der Waals surface area (Å²) >= 11 is 0. The zero-order valence-corrected chi connectivity index (χ0v) is 14.6. The summed E-state index contributed by atoms with van der Waals surface area (Å²) < 4.78 is 10.7. The van der Waals surface area contributed by atoms with Gasteiger partial charge in [-0.25, -0.2) is 0 Å². The number of carbonyl (C=O) groups is 1. The average molecular weight is 325 g/mol. The Kier molecular flexibility index (Phi) is 4.47. The first-order valence-electron chi connectivity index (χ1n) is 8.19. The summed E-state index contributed by atoms with van der Waals surface area (Å²) in [6.45, 7) is 4.35. The quantitative estimate of drug-likeness (QED) is 0.900. The summed E-state index contributed by atoms with van der Waals surface area (Å²) in [5.74, 6) is 1.59. The van der Waals surface area contributed by atoms with Crippen LogP contribution in [0.5, 0.6) is 11.5 Å². The number of anilines is 1. The second-order valence-electron chi connectivity index (χ2n) is 6.44. The maximum absolute atomic E-state index is 12.4. The molecular weight excluding hydrogens is 302 g/mol. The molecule has 1 aliphatic heterocycles. The number of methoxy groups -OCH3 is 2. The molecule has 0 aromatic heterocycles. The van der Waals surface area contributed by atoms with E-state index in [2.05, 4.69) is 43.4 Å². The van der Waals surface area contributed by atoms with Crippen molar-refractivity contribution in [1.29, 1.82) is 0 Å². The van der Waals surface area contributed by atoms with E-state index in [1.54, 1.807) is 14.2 Å². The number of fused-ring (bicyclic) bond motifs is 1. The Balaban J connectivity index is 1.89. The predicted molar refractivity (Wildman–Crippen MR) is 95.2 cm³/mol. The summed E-state index contributed by atoms with van der Waals surface area (Å²) in [5, 5.41) is 2.95. The van der Waals surface area contributed by atoms with E-state index in [-0.39, 0.29) is 11.8 Å². The van der Waals surface area contributed by atoms with Crippen LogP contribution in [0.25, 0.3) is 0 Å². The molecule has 0 radical (unpaired) electrons. The minimum atomic E-state index is -0.204. The molecule has 0 saturated carbocycles. The second-order valence-corrected chi connectivity index (χ2v) is 6.44. The van der Waals surface area contributed by atoms with Gasteiger partial charge in [0.25, 0.3) is 0 Å². The smallest absolute Gasteiger partial charge is 0.232 e. The van der Waals surface area contributed by atoms with Gasteiger partial charge in [0.15, 0.2) is 11.5 Å². The summed E-state index contributed by atoms with van der Waals surface area (Å²) in [5.41, 5.74) is 4.23. The molecule has 1 heterocycles. The molecule has 0 spiro atoms. The second kappa shape index (κ2) is 6.56. The van der Waals surface area contributed by atoms with Crippen LogP contribution in [0.3, 0.4) is 0 Å². The molecule has 126 valence electrons. The lowest BCUT2D eigenvalue weighted by atomic mass is 9.91. The Morgan fingerprint density at radius 2 is 1.67 bits per heavy atom. The van der Waals surface area contributed by atoms with Crippen molar-refractivity contribution in [3.63, 3.8) is 0 Å². The first-order valence-corrected chi connectivity index (χ1v) is 8.19. The molecule has 1 unspecified atom stereocenters. The van der Waals surface area contributed by atoms with Crippen LogP contribution in [-0.4, -0.2) is 20.1 Å². The Labute approximate surface area is 142 Å². The van der Waals surface area contributed by atoms with Crippen molar-refractivity contribution in [1.82, 2.24) is 0 Å². The molecule has 1 aliphatic rings. The number of hydrogen-bond acceptors (Lipinski definition) is 3. The van der Waals surface area contributed by atoms with E-state index in [0.29, 0.717) is 23.8 Å². The van der Waals surface area contributed by atoms with Crippen LogP contribution in [0.4, 0.5) is 5.69 Å². The highest BCUT2D eigenvalue weighted by molar-refractivity contribution is 6.03. The summed E-state index contributed by atoms with van der Waals surface area (Å²) in [7, 11) is 3.20. The summed E-state index contributed by atoms with van der Waals surface area (Å²) in [6.07, 6.45) is 0.673. The molecule has 4 nitrogen and oxygen atoms in total. The summed E-state index contributed by atoms with van der Waals surface area (Å²) in [4.78, 5) is 12.4. The van der Waals surface area contributed by atoms with E-state index < -0.39 is 0 Å². The van der Waals surface area contributed by atoms with Crippen molar-refractivity contribution >= 4 is 11.6 Å². The third-order valence-corrected chi connectivity index (χ3v) is 4.59. The highest BCUT2D eigenvalue weighted by Gasteiger charge is 2.32. The van der Waals surface area contributed by atoms with Crippen molar-refractivity contribution < 1.29 is 14.3 Å². The van der Waals surface area contributed by atoms with Crippen molar-refractivity contribution in [2.24, 2.45) is 0 Å². The highest BCUT2D eigenvalue weighted by atomic mass is 16.5. The lowest BCUT2D eigenvalue weighted by Gasteiger charge is -2.13. The third kappa shape index (κ3) is 2.96. The van der Waals surface area contributed by atoms with Gasteiger partial charge in [0.1, 0.15) is 0 Å². The molecule has 0 saturated heterocycles. The largest absolute Gasteiger partial charge is 0.493 e. The molecule has 4 heteroatoms. The monoisotopic (exact) mass is 325 g/mol. The van der Waals surface area contributed by atoms with E-state index in [1.165, 1.54) is 5.56 Å². The van der Waals surface area contributed by atoms with Crippen LogP contribution in [0, 0.1) is 0 Å². The summed E-state index contributed by atoms with van der Waals surface area (Å²) in [6, 6.07) is 12.2. The topological polar surface area (TPSA) is 47.6 Å². The molecule has 2 aromatic carbocycles. The SMILES string of the molecule is COc1cc2c(cc1OC)C(Cc1ccc(C(C)C)cc1)C(=O)N2. The zero-order chi connectivity index (χ0) is 17.3. The zero-order valence-electron chi connectivity index (χ0n) is 14.6. The van der Waals surface area contributed by atoms with Crippen LogP contribution in [0.2, 0.25) is 0 Å². The van der Waals surface area contributed by atoms with Crippen LogP contribution in [0.15, 0.2) is 36.4 Å². The number of benzene rings is 2. The molecule has 0 aliphatic carbocycles. The first kappa shape index (κ1) is 16.4. The van der Waals surface area contributed by atoms with E-state index in [1.807, 2.05) is 12.1 Å². The number of amides is 1. The Bertz CT molecular complexity index is 750. The third-order valence-electron chi connectivity index (χ3n) is 4.59. The van der Waals surface area contributed by atoms with Crippen molar-refractivity contribution in [2.75, 3.05) is 19.5 Å². The minimum Gasteiger partial charge on any atom is -0.493 e. The average Bonchev–Trinajstić information content (AvgIpc) is 2.88. The van der Waals surface area contributed by atoms with E-state index in [0.717, 1.165) is 16.8 Å². The normalized spacial score (nSPS) is 16.0. The molecular formula is C20H23NO3. The highest BCUT2D eigenvalue weighted by Crippen LogP contribution is 2.42. The molecule has 24 heavy (non-hydrogen) atoms. The molecule has 3 rings (SSSR count). The van der Waals surface area contributed by atoms with Gasteiger partial charge in [0.2, 0.25) is 5.91 Å². The maximum Gasteiger partial charge on any atom is 0.232 e. The minimum absolute atomic E-state index is 0.0215. The molecule has 0 bridgehead atoms. The van der Waals surface area contributed by atoms with Crippen LogP contribution in [-0.2, 0) is 11.2 Å². The van der Waals surface area contributed by atoms with Gasteiger partial charge < -0.3 is 14.8 Å². The number of hydrogen-bond donors (Lipinski definition) is 1. The van der Waals surface area contributed by atoms with E-state index >= 15 is 0 Å². The molecule has 0 fully saturated rings. The van der Waals surface area contributed by atoms with Crippen LogP contribution >= 0.6 is 0 Å². The van der Waals surface area contributed by atoms with Gasteiger partial charge in [-0.2, -0.15) is 0 Å². The van der Waals surface area contributed by atoms with E-state index in [9.17, 15) is 4.79 Å². The van der Waals surface area contributed by atoms with Crippen molar-refractivity contribution in [3.05, 3.63) is 53.1 Å². The predicted octanol–water partition coefficient (Wildman–Crippen LogP) is 4.11. The Hall–Kier alpha value is -2.49. The Morgan fingerprint density at radius 1 is 1.04 bits per heavy atom. The Morgan fingerprint density at radius 3 is 2.25 bits per heavy atom. The number of nitrogens with one attached hydrogen (secondary N) is 1. The van der Waals surface area contributed by atoms with Crippen molar-refractivity contribution in [3.8, 4) is 11.5 Å². The van der Waals surface area contributed by atoms with Gasteiger partial charge in [-0.05, 0) is 35.1 Å². The molecule has 1 atom stereocenters. The number of ether oxygens (including phenoxy) is 2. The molecule has 1 N–H and O–H groups in total. The molecule has 2 aromatic rings. The first-order chi connectivity index (χ1) is 11.5. The van der Waals surface area contributed by atoms with Gasteiger partial charge in [0, 0.05) is 11.8 Å². The molecule has 1 amide bonds. The van der Waals surface area contributed by atoms with Gasteiger partial charge >= 0.3 is 0 Å². The lowest BCUT2D eigenvalue weighted by molar-refractivity contribution is -0.117. The maximum atomic E-state index is 12.4. The van der Waals surface area contributed by atoms with Gasteiger partial charge in [-0.3, -0.25) is 4.79 Å². The van der Waals surface area contributed by atoms with Gasteiger partial charge in [-0.1, -0.05) is 38.1 Å². The standard InChI is InChI=1S/C20H23NO3/c1-12(2)14-7-5-13(6-8-14)9-16-15-10-18(23-3)19(24-4)11-17(15)21-20(16)22/h5-8,10-12,16H,9H2,1-4H3,(H,21,22). The lowest BCUT2D eigenvalue weighted by Crippen LogP contribution is -2.14. The van der Waals surface area contributed by atoms with Crippen molar-refractivity contribution in [2.45, 2.75) is 32.1 Å². The fourth-order valence-corrected chi connectivity index (χ4v) is 3.13. The number of rotatable bonds is 5. The van der Waals surface area contributed by atoms with Crippen LogP contribution < -0.4 is 14.8 Å². The fourth-order valence-electron chi connectivity index (χ4n) is 3.13. The number of carbonyl (C=O) groups excluding carboxylic acids is 1. The fraction of sp³-hybridized carbons (Fsp3) is 0.350. The van der Waals surface area contributed by atoms with E-state index in [4.69, 9.17) is 9.47 Å².